The molecule has 4 heterocycles. The van der Waals surface area contributed by atoms with Crippen LogP contribution in [0.15, 0.2) is 262 Å². The Hall–Kier alpha value is -8.55. The van der Waals surface area contributed by atoms with E-state index >= 15 is 0 Å². The summed E-state index contributed by atoms with van der Waals surface area (Å²) in [5, 5.41) is 7.60. The van der Waals surface area contributed by atoms with Crippen LogP contribution in [0.1, 0.15) is 0 Å². The Labute approximate surface area is 438 Å². The topological polar surface area (TPSA) is 24.9 Å². The largest absolute Gasteiger partial charge is 0.458 e. The summed E-state index contributed by atoms with van der Waals surface area (Å²) in [6.45, 7) is 0.00438. The minimum atomic E-state index is 0.00219. The van der Waals surface area contributed by atoms with Crippen LogP contribution in [0.3, 0.4) is 0 Å². The molecule has 344 valence electrons. The first-order valence-electron chi connectivity index (χ1n) is 25.2. The van der Waals surface area contributed by atoms with Gasteiger partial charge in [0, 0.05) is 65.8 Å². The highest BCUT2D eigenvalue weighted by atomic mass is 32.2. The van der Waals surface area contributed by atoms with Crippen LogP contribution in [-0.2, 0) is 0 Å². The smallest absolute Gasteiger partial charge is 0.253 e. The Kier molecular flexibility index (Phi) is 9.36. The van der Waals surface area contributed by atoms with Crippen LogP contribution in [0.25, 0.3) is 32.3 Å². The first-order chi connectivity index (χ1) is 36.7. The number of rotatable bonds is 6. The fourth-order valence-corrected chi connectivity index (χ4v) is 14.6. The third-order valence-corrected chi connectivity index (χ3v) is 17.7. The summed E-state index contributed by atoms with van der Waals surface area (Å²) in [6, 6.07) is 88.2. The lowest BCUT2D eigenvalue weighted by Gasteiger charge is -2.35. The summed E-state index contributed by atoms with van der Waals surface area (Å²) < 4.78 is 13.9. The Morgan fingerprint density at radius 2 is 0.622 bits per heavy atom. The summed E-state index contributed by atoms with van der Waals surface area (Å²) >= 11 is 3.74. The third-order valence-electron chi connectivity index (χ3n) is 15.4. The maximum Gasteiger partial charge on any atom is 0.253 e. The van der Waals surface area contributed by atoms with Gasteiger partial charge in [-0.25, -0.2) is 0 Å². The molecule has 74 heavy (non-hydrogen) atoms. The molecule has 8 heteroatoms. The van der Waals surface area contributed by atoms with Gasteiger partial charge in [0.25, 0.3) is 13.4 Å². The van der Waals surface area contributed by atoms with Crippen LogP contribution < -0.4 is 52.1 Å². The molecule has 0 N–H and O–H groups in total. The predicted octanol–water partition coefficient (Wildman–Crippen LogP) is 14.3. The Balaban J connectivity index is 0.858. The molecule has 0 saturated carbocycles. The van der Waals surface area contributed by atoms with Gasteiger partial charge >= 0.3 is 0 Å². The molecule has 16 rings (SSSR count). The lowest BCUT2D eigenvalue weighted by atomic mass is 9.35. The highest BCUT2D eigenvalue weighted by Gasteiger charge is 2.42. The van der Waals surface area contributed by atoms with Crippen LogP contribution in [0.2, 0.25) is 0 Å². The van der Waals surface area contributed by atoms with E-state index in [9.17, 15) is 0 Å². The van der Waals surface area contributed by atoms with Gasteiger partial charge in [-0.05, 0) is 151 Å². The molecule has 4 aliphatic rings. The van der Waals surface area contributed by atoms with Crippen LogP contribution in [0, 0.1) is 0 Å². The van der Waals surface area contributed by atoms with Crippen molar-refractivity contribution in [2.75, 3.05) is 9.80 Å². The van der Waals surface area contributed by atoms with Gasteiger partial charge in [0.1, 0.15) is 23.0 Å². The first-order valence-corrected chi connectivity index (χ1v) is 26.8. The van der Waals surface area contributed by atoms with Crippen LogP contribution in [0.4, 0.5) is 34.1 Å². The molecule has 0 aromatic heterocycles. The number of fused-ring (bicyclic) bond motifs is 14. The lowest BCUT2D eigenvalue weighted by Crippen LogP contribution is -2.57. The Morgan fingerprint density at radius 1 is 0.257 bits per heavy atom. The number of hydrogen-bond donors (Lipinski definition) is 0. The van der Waals surface area contributed by atoms with Gasteiger partial charge in [-0.2, -0.15) is 0 Å². The molecular weight excluding hydrogens is 938 g/mol. The molecule has 0 saturated heterocycles. The van der Waals surface area contributed by atoms with Crippen LogP contribution >= 0.6 is 23.5 Å². The minimum absolute atomic E-state index is 0.00219. The van der Waals surface area contributed by atoms with E-state index in [4.69, 9.17) is 9.47 Å². The van der Waals surface area contributed by atoms with E-state index in [1.165, 1.54) is 84.7 Å². The van der Waals surface area contributed by atoms with Gasteiger partial charge < -0.3 is 19.3 Å². The molecule has 0 radical (unpaired) electrons. The van der Waals surface area contributed by atoms with Crippen LogP contribution in [-0.4, -0.2) is 13.4 Å². The molecule has 0 bridgehead atoms. The predicted molar refractivity (Wildman–Crippen MR) is 312 cm³/mol. The van der Waals surface area contributed by atoms with Gasteiger partial charge in [0.05, 0.1) is 0 Å². The Morgan fingerprint density at radius 3 is 1.01 bits per heavy atom. The van der Waals surface area contributed by atoms with E-state index in [-0.39, 0.29) is 13.4 Å². The standard InChI is InChI=1S/C66H40B2N2O2S2/c1-5-17-41(18-6-1)69(42-19-7-2-8-20-42)45-31-33-53-59(35-45)71-57-27-15-29-61-65(57)67(53)55-37-49-47-25-13-14-26-48(47)50-38-56-64(40-52(50)51(49)39-63(55)73-61)74-62-30-16-28-58-66(62)68(56)54-34-32-46(36-60(54)72-58)70(43-21-9-3-10-22-43)44-23-11-4-12-24-44/h1-40H. The van der Waals surface area contributed by atoms with Crippen LogP contribution in [0.5, 0.6) is 23.0 Å². The fraction of sp³-hybridized carbons (Fsp3) is 0. The average molecular weight is 979 g/mol. The van der Waals surface area contributed by atoms with Gasteiger partial charge in [-0.15, -0.1) is 0 Å². The van der Waals surface area contributed by atoms with Crippen molar-refractivity contribution in [3.8, 4) is 23.0 Å². The molecule has 0 aliphatic carbocycles. The maximum absolute atomic E-state index is 6.95. The number of anilines is 6. The molecule has 0 amide bonds. The molecule has 4 aliphatic heterocycles. The van der Waals surface area contributed by atoms with E-state index < -0.39 is 0 Å². The number of para-hydroxylation sites is 4. The molecule has 4 nitrogen and oxygen atoms in total. The minimum Gasteiger partial charge on any atom is -0.458 e. The second kappa shape index (κ2) is 16.5. The summed E-state index contributed by atoms with van der Waals surface area (Å²) in [5.74, 6) is 3.62. The highest BCUT2D eigenvalue weighted by Crippen LogP contribution is 2.46. The van der Waals surface area contributed by atoms with Crippen molar-refractivity contribution in [2.24, 2.45) is 0 Å². The highest BCUT2D eigenvalue weighted by molar-refractivity contribution is 8.00. The maximum atomic E-state index is 6.95. The Bertz CT molecular complexity index is 3940. The van der Waals surface area contributed by atoms with E-state index in [2.05, 4.69) is 252 Å². The second-order valence-corrected chi connectivity index (χ2v) is 21.7. The van der Waals surface area contributed by atoms with Gasteiger partial charge in [0.2, 0.25) is 0 Å². The number of nitrogens with zero attached hydrogens (tertiary/aromatic N) is 2. The SMILES string of the molecule is c1ccc(N(c2ccccc2)c2ccc3c(c2)Oc2cccc4c2B3c2cc3c5ccccc5c5cc6c(cc5c3cc2S4)Sc2cccc3c2B6c2ccc(N(c4ccccc4)c4ccccc4)cc2O3)cc1. The molecule has 0 spiro atoms. The molecule has 0 unspecified atom stereocenters. The zero-order chi connectivity index (χ0) is 48.4. The van der Waals surface area contributed by atoms with E-state index in [0.717, 1.165) is 57.1 Å². The van der Waals surface area contributed by atoms with Crippen molar-refractivity contribution in [1.29, 1.82) is 0 Å². The number of ether oxygens (including phenoxy) is 2. The summed E-state index contributed by atoms with van der Waals surface area (Å²) in [4.78, 5) is 9.67. The molecule has 12 aromatic rings. The van der Waals surface area contributed by atoms with Crippen molar-refractivity contribution in [3.63, 3.8) is 0 Å². The zero-order valence-corrected chi connectivity index (χ0v) is 41.4. The molecule has 0 atom stereocenters. The van der Waals surface area contributed by atoms with E-state index in [1.807, 2.05) is 23.5 Å². The van der Waals surface area contributed by atoms with Gasteiger partial charge in [-0.1, -0.05) is 168 Å². The average Bonchev–Trinajstić information content (AvgIpc) is 3.45. The normalized spacial score (nSPS) is 13.2. The van der Waals surface area contributed by atoms with Gasteiger partial charge in [-0.3, -0.25) is 0 Å². The number of benzene rings is 12. The monoisotopic (exact) mass is 978 g/mol. The van der Waals surface area contributed by atoms with Crippen molar-refractivity contribution >= 4 is 136 Å². The quantitative estimate of drug-likeness (QED) is 0.122. The molecule has 0 fully saturated rings. The summed E-state index contributed by atoms with van der Waals surface area (Å²) in [7, 11) is 0. The zero-order valence-electron chi connectivity index (χ0n) is 39.8. The molecular formula is C66H40B2N2O2S2. The summed E-state index contributed by atoms with van der Waals surface area (Å²) in [5.41, 5.74) is 14.0. The van der Waals surface area contributed by atoms with Crippen molar-refractivity contribution in [1.82, 2.24) is 0 Å². The van der Waals surface area contributed by atoms with Crippen molar-refractivity contribution in [3.05, 3.63) is 243 Å². The van der Waals surface area contributed by atoms with Crippen molar-refractivity contribution < 1.29 is 9.47 Å². The third kappa shape index (κ3) is 6.41. The first kappa shape index (κ1) is 42.0. The van der Waals surface area contributed by atoms with E-state index in [1.54, 1.807) is 0 Å². The lowest BCUT2D eigenvalue weighted by molar-refractivity contribution is 0.486. The van der Waals surface area contributed by atoms with Crippen molar-refractivity contribution in [2.45, 2.75) is 19.6 Å². The molecule has 12 aromatic carbocycles. The summed E-state index contributed by atoms with van der Waals surface area (Å²) in [6.07, 6.45) is 0. The second-order valence-electron chi connectivity index (χ2n) is 19.5. The van der Waals surface area contributed by atoms with Gasteiger partial charge in [0.15, 0.2) is 0 Å². The van der Waals surface area contributed by atoms with E-state index in [0.29, 0.717) is 0 Å². The fourth-order valence-electron chi connectivity index (χ4n) is 12.2. The number of hydrogen-bond acceptors (Lipinski definition) is 6.